The molecule has 0 aromatic carbocycles. The second-order valence-electron chi connectivity index (χ2n) is 4.95. The summed E-state index contributed by atoms with van der Waals surface area (Å²) in [5.74, 6) is 3.42. The lowest BCUT2D eigenvalue weighted by Gasteiger charge is -2.14. The minimum atomic E-state index is 0.128. The maximum atomic E-state index is 5.56. The maximum Gasteiger partial charge on any atom is 0.147 e. The Hall–Kier alpha value is -2.04. The van der Waals surface area contributed by atoms with Gasteiger partial charge in [-0.25, -0.2) is 4.98 Å². The summed E-state index contributed by atoms with van der Waals surface area (Å²) in [4.78, 5) is 8.70. The molecule has 0 fully saturated rings. The quantitative estimate of drug-likeness (QED) is 0.841. The highest BCUT2D eigenvalue weighted by Gasteiger charge is 2.13. The third-order valence-electron chi connectivity index (χ3n) is 3.10. The van der Waals surface area contributed by atoms with Gasteiger partial charge in [0, 0.05) is 12.1 Å². The fourth-order valence-electron chi connectivity index (χ4n) is 2.15. The van der Waals surface area contributed by atoms with Crippen LogP contribution in [0.25, 0.3) is 0 Å². The number of anilines is 2. The molecule has 0 radical (unpaired) electrons. The Morgan fingerprint density at radius 3 is 2.65 bits per heavy atom. The van der Waals surface area contributed by atoms with Crippen molar-refractivity contribution in [1.82, 2.24) is 9.97 Å². The van der Waals surface area contributed by atoms with E-state index in [0.717, 1.165) is 41.7 Å². The summed E-state index contributed by atoms with van der Waals surface area (Å²) in [6, 6.07) is 2.18. The van der Waals surface area contributed by atoms with Crippen molar-refractivity contribution in [2.75, 3.05) is 17.2 Å². The molecule has 0 aliphatic heterocycles. The van der Waals surface area contributed by atoms with Crippen LogP contribution in [0.3, 0.4) is 0 Å². The van der Waals surface area contributed by atoms with Gasteiger partial charge in [0.25, 0.3) is 0 Å². The van der Waals surface area contributed by atoms with Gasteiger partial charge < -0.3 is 15.1 Å². The molecule has 0 bridgehead atoms. The number of aryl methyl sites for hydroxylation is 2. The fourth-order valence-corrected chi connectivity index (χ4v) is 2.15. The Kier molecular flexibility index (Phi) is 4.61. The van der Waals surface area contributed by atoms with Gasteiger partial charge in [-0.3, -0.25) is 4.98 Å². The van der Waals surface area contributed by atoms with Crippen LogP contribution in [0, 0.1) is 13.8 Å². The molecule has 20 heavy (non-hydrogen) atoms. The largest absolute Gasteiger partial charge is 0.466 e. The molecule has 2 aromatic rings. The van der Waals surface area contributed by atoms with E-state index in [4.69, 9.17) is 4.42 Å². The number of hydrogen-bond donors (Lipinski definition) is 2. The molecular formula is C15H22N4O. The highest BCUT2D eigenvalue weighted by atomic mass is 16.3. The van der Waals surface area contributed by atoms with E-state index < -0.39 is 0 Å². The van der Waals surface area contributed by atoms with Crippen LogP contribution in [0.5, 0.6) is 0 Å². The van der Waals surface area contributed by atoms with Gasteiger partial charge in [0.15, 0.2) is 0 Å². The van der Waals surface area contributed by atoms with Crippen molar-refractivity contribution >= 4 is 11.6 Å². The Morgan fingerprint density at radius 2 is 2.00 bits per heavy atom. The molecular weight excluding hydrogens is 252 g/mol. The van der Waals surface area contributed by atoms with E-state index in [1.54, 1.807) is 12.4 Å². The molecule has 0 aliphatic carbocycles. The topological polar surface area (TPSA) is 63.0 Å². The van der Waals surface area contributed by atoms with Gasteiger partial charge in [-0.15, -0.1) is 0 Å². The fraction of sp³-hybridized carbons (Fsp3) is 0.467. The first-order valence-electron chi connectivity index (χ1n) is 6.99. The number of hydrogen-bond acceptors (Lipinski definition) is 5. The molecule has 0 aliphatic rings. The monoisotopic (exact) mass is 274 g/mol. The normalized spacial score (nSPS) is 12.2. The lowest BCUT2D eigenvalue weighted by Crippen LogP contribution is -2.10. The summed E-state index contributed by atoms with van der Waals surface area (Å²) >= 11 is 0. The first-order chi connectivity index (χ1) is 9.60. The van der Waals surface area contributed by atoms with Crippen LogP contribution in [0.1, 0.15) is 43.4 Å². The van der Waals surface area contributed by atoms with E-state index in [2.05, 4.69) is 40.5 Å². The smallest absolute Gasteiger partial charge is 0.147 e. The maximum absolute atomic E-state index is 5.56. The van der Waals surface area contributed by atoms with Crippen LogP contribution in [0.15, 0.2) is 22.9 Å². The molecule has 108 valence electrons. The number of aromatic nitrogens is 2. The Labute approximate surface area is 119 Å². The first kappa shape index (κ1) is 14.4. The molecule has 0 saturated carbocycles. The lowest BCUT2D eigenvalue weighted by atomic mass is 10.1. The molecule has 2 rings (SSSR count). The van der Waals surface area contributed by atoms with Crippen molar-refractivity contribution in [2.45, 2.75) is 40.2 Å². The highest BCUT2D eigenvalue weighted by molar-refractivity contribution is 5.43. The van der Waals surface area contributed by atoms with Gasteiger partial charge in [0.05, 0.1) is 18.4 Å². The lowest BCUT2D eigenvalue weighted by molar-refractivity contribution is 0.499. The second kappa shape index (κ2) is 6.41. The minimum absolute atomic E-state index is 0.128. The summed E-state index contributed by atoms with van der Waals surface area (Å²) in [7, 11) is 0. The molecule has 2 N–H and O–H groups in total. The van der Waals surface area contributed by atoms with Crippen molar-refractivity contribution in [2.24, 2.45) is 0 Å². The van der Waals surface area contributed by atoms with Crippen LogP contribution in [0.4, 0.5) is 11.6 Å². The highest BCUT2D eigenvalue weighted by Crippen LogP contribution is 2.24. The molecule has 0 saturated heterocycles. The second-order valence-corrected chi connectivity index (χ2v) is 4.95. The summed E-state index contributed by atoms with van der Waals surface area (Å²) in [6.45, 7) is 9.04. The summed E-state index contributed by atoms with van der Waals surface area (Å²) in [6.07, 6.45) is 4.53. The van der Waals surface area contributed by atoms with Gasteiger partial charge >= 0.3 is 0 Å². The summed E-state index contributed by atoms with van der Waals surface area (Å²) in [5.41, 5.74) is 1.15. The third-order valence-corrected chi connectivity index (χ3v) is 3.10. The Bertz CT molecular complexity index is 565. The van der Waals surface area contributed by atoms with Crippen molar-refractivity contribution < 1.29 is 4.42 Å². The zero-order valence-corrected chi connectivity index (χ0v) is 12.5. The SMILES string of the molecule is CCCNc1cncc(NC(C)c2cc(C)oc2C)n1. The molecule has 0 spiro atoms. The Morgan fingerprint density at radius 1 is 1.25 bits per heavy atom. The Balaban J connectivity index is 2.07. The van der Waals surface area contributed by atoms with Crippen molar-refractivity contribution in [3.8, 4) is 0 Å². The first-order valence-corrected chi connectivity index (χ1v) is 6.99. The molecule has 2 heterocycles. The molecule has 1 atom stereocenters. The summed E-state index contributed by atoms with van der Waals surface area (Å²) < 4.78 is 5.56. The average molecular weight is 274 g/mol. The van der Waals surface area contributed by atoms with Gasteiger partial charge in [-0.05, 0) is 33.3 Å². The van der Waals surface area contributed by atoms with E-state index in [9.17, 15) is 0 Å². The van der Waals surface area contributed by atoms with Gasteiger partial charge in [0.1, 0.15) is 23.2 Å². The van der Waals surface area contributed by atoms with E-state index >= 15 is 0 Å². The van der Waals surface area contributed by atoms with E-state index in [1.807, 2.05) is 13.8 Å². The number of furan rings is 1. The van der Waals surface area contributed by atoms with Crippen molar-refractivity contribution in [3.05, 3.63) is 35.5 Å². The predicted octanol–water partition coefficient (Wildman–Crippen LogP) is 3.68. The molecule has 0 amide bonds. The van der Waals surface area contributed by atoms with Crippen LogP contribution >= 0.6 is 0 Å². The standard InChI is InChI=1S/C15H22N4O/c1-5-6-17-14-8-16-9-15(19-14)18-11(3)13-7-10(2)20-12(13)4/h7-9,11H,5-6H2,1-4H3,(H2,17,18,19). The summed E-state index contributed by atoms with van der Waals surface area (Å²) in [5, 5.41) is 6.59. The number of nitrogens with one attached hydrogen (secondary N) is 2. The van der Waals surface area contributed by atoms with Gasteiger partial charge in [-0.1, -0.05) is 6.92 Å². The predicted molar refractivity (Wildman–Crippen MR) is 81.0 cm³/mol. The molecule has 5 nitrogen and oxygen atoms in total. The average Bonchev–Trinajstić information content (AvgIpc) is 2.76. The zero-order valence-electron chi connectivity index (χ0n) is 12.5. The van der Waals surface area contributed by atoms with Crippen LogP contribution in [-0.4, -0.2) is 16.5 Å². The van der Waals surface area contributed by atoms with E-state index in [0.29, 0.717) is 0 Å². The van der Waals surface area contributed by atoms with Crippen molar-refractivity contribution in [3.63, 3.8) is 0 Å². The minimum Gasteiger partial charge on any atom is -0.466 e. The van der Waals surface area contributed by atoms with Gasteiger partial charge in [0.2, 0.25) is 0 Å². The van der Waals surface area contributed by atoms with Crippen molar-refractivity contribution in [1.29, 1.82) is 0 Å². The molecule has 2 aromatic heterocycles. The van der Waals surface area contributed by atoms with Crippen LogP contribution in [-0.2, 0) is 0 Å². The molecule has 1 unspecified atom stereocenters. The third kappa shape index (κ3) is 3.50. The van der Waals surface area contributed by atoms with E-state index in [1.165, 1.54) is 0 Å². The zero-order chi connectivity index (χ0) is 14.5. The van der Waals surface area contributed by atoms with E-state index in [-0.39, 0.29) is 6.04 Å². The number of rotatable bonds is 6. The van der Waals surface area contributed by atoms with Gasteiger partial charge in [-0.2, -0.15) is 0 Å². The van der Waals surface area contributed by atoms with Crippen LogP contribution < -0.4 is 10.6 Å². The van der Waals surface area contributed by atoms with Crippen LogP contribution in [0.2, 0.25) is 0 Å². The molecule has 5 heteroatoms. The number of nitrogens with zero attached hydrogens (tertiary/aromatic N) is 2.